The van der Waals surface area contributed by atoms with Crippen molar-refractivity contribution < 1.29 is 4.79 Å². The van der Waals surface area contributed by atoms with Gasteiger partial charge in [-0.05, 0) is 46.3 Å². The smallest absolute Gasteiger partial charge is 0.274 e. The third-order valence-electron chi connectivity index (χ3n) is 2.46. The van der Waals surface area contributed by atoms with E-state index in [1.54, 1.807) is 36.5 Å². The van der Waals surface area contributed by atoms with E-state index < -0.39 is 0 Å². The monoisotopic (exact) mass is 413 g/mol. The number of halogens is 2. The van der Waals surface area contributed by atoms with Gasteiger partial charge in [0.15, 0.2) is 0 Å². The van der Waals surface area contributed by atoms with Crippen molar-refractivity contribution in [2.24, 2.45) is 5.73 Å². The molecule has 0 fully saturated rings. The largest absolute Gasteiger partial charge is 0.389 e. The van der Waals surface area contributed by atoms with Crippen LogP contribution in [0.2, 0.25) is 0 Å². The summed E-state index contributed by atoms with van der Waals surface area (Å²) in [6.45, 7) is 0. The van der Waals surface area contributed by atoms with Crippen LogP contribution in [0, 0.1) is 0 Å². The van der Waals surface area contributed by atoms with Gasteiger partial charge in [0.05, 0.1) is 5.69 Å². The van der Waals surface area contributed by atoms with Crippen molar-refractivity contribution in [1.82, 2.24) is 4.98 Å². The molecule has 102 valence electrons. The predicted octanol–water partition coefficient (Wildman–Crippen LogP) is 3.49. The molecule has 4 nitrogen and oxygen atoms in total. The molecule has 2 rings (SSSR count). The van der Waals surface area contributed by atoms with E-state index in [1.807, 2.05) is 0 Å². The molecule has 1 aromatic carbocycles. The molecular weight excluding hydrogens is 406 g/mol. The molecule has 0 unspecified atom stereocenters. The Morgan fingerprint density at radius 2 is 1.90 bits per heavy atom. The second-order valence-electron chi connectivity index (χ2n) is 3.87. The molecule has 0 aliphatic rings. The first-order valence-electron chi connectivity index (χ1n) is 5.49. The molecule has 0 aliphatic carbocycles. The summed E-state index contributed by atoms with van der Waals surface area (Å²) in [4.78, 5) is 16.3. The maximum atomic E-state index is 12.1. The lowest BCUT2D eigenvalue weighted by molar-refractivity contribution is 0.102. The number of nitrogens with zero attached hydrogens (tertiary/aromatic N) is 1. The van der Waals surface area contributed by atoms with E-state index in [1.165, 1.54) is 0 Å². The molecule has 3 N–H and O–H groups in total. The molecule has 0 aliphatic heterocycles. The summed E-state index contributed by atoms with van der Waals surface area (Å²) >= 11 is 11.6. The molecule has 7 heteroatoms. The predicted molar refractivity (Wildman–Crippen MR) is 89.9 cm³/mol. The van der Waals surface area contributed by atoms with Crippen LogP contribution in [0.3, 0.4) is 0 Å². The molecule has 0 spiro atoms. The first-order chi connectivity index (χ1) is 9.47. The van der Waals surface area contributed by atoms with Crippen molar-refractivity contribution in [2.75, 3.05) is 5.32 Å². The normalized spacial score (nSPS) is 10.1. The highest BCUT2D eigenvalue weighted by Gasteiger charge is 2.12. The van der Waals surface area contributed by atoms with Crippen LogP contribution in [0.4, 0.5) is 5.69 Å². The van der Waals surface area contributed by atoms with Crippen molar-refractivity contribution in [1.29, 1.82) is 0 Å². The van der Waals surface area contributed by atoms with Crippen molar-refractivity contribution in [3.8, 4) is 0 Å². The number of benzene rings is 1. The Bertz CT molecular complexity index is 674. The van der Waals surface area contributed by atoms with E-state index in [2.05, 4.69) is 42.2 Å². The summed E-state index contributed by atoms with van der Waals surface area (Å²) in [6, 6.07) is 8.66. The Hall–Kier alpha value is -1.31. The standard InChI is InChI=1S/C13H9Br2N3OS/c14-7-1-3-10(9(5-7)12(16)20)18-13(19)11-4-2-8(15)6-17-11/h1-6H,(H2,16,20)(H,18,19). The average Bonchev–Trinajstić information content (AvgIpc) is 2.41. The minimum absolute atomic E-state index is 0.213. The van der Waals surface area contributed by atoms with E-state index in [0.717, 1.165) is 8.95 Å². The van der Waals surface area contributed by atoms with E-state index in [9.17, 15) is 4.79 Å². The fourth-order valence-electron chi connectivity index (χ4n) is 1.53. The second-order valence-corrected chi connectivity index (χ2v) is 6.14. The highest BCUT2D eigenvalue weighted by Crippen LogP contribution is 2.21. The van der Waals surface area contributed by atoms with Gasteiger partial charge < -0.3 is 11.1 Å². The van der Waals surface area contributed by atoms with Crippen molar-refractivity contribution >= 4 is 60.7 Å². The molecule has 1 heterocycles. The fraction of sp³-hybridized carbons (Fsp3) is 0. The molecular formula is C13H9Br2N3OS. The molecule has 20 heavy (non-hydrogen) atoms. The number of hydrogen-bond acceptors (Lipinski definition) is 3. The Morgan fingerprint density at radius 1 is 1.20 bits per heavy atom. The van der Waals surface area contributed by atoms with Crippen LogP contribution >= 0.6 is 44.1 Å². The van der Waals surface area contributed by atoms with Crippen molar-refractivity contribution in [2.45, 2.75) is 0 Å². The number of hydrogen-bond donors (Lipinski definition) is 2. The Morgan fingerprint density at radius 3 is 2.50 bits per heavy atom. The zero-order valence-electron chi connectivity index (χ0n) is 10.1. The fourth-order valence-corrected chi connectivity index (χ4v) is 2.29. The van der Waals surface area contributed by atoms with Crippen molar-refractivity contribution in [3.63, 3.8) is 0 Å². The lowest BCUT2D eigenvalue weighted by Crippen LogP contribution is -2.18. The van der Waals surface area contributed by atoms with Gasteiger partial charge in [-0.2, -0.15) is 0 Å². The number of aromatic nitrogens is 1. The number of nitrogens with two attached hydrogens (primary N) is 1. The average molecular weight is 415 g/mol. The second kappa shape index (κ2) is 6.43. The number of amides is 1. The summed E-state index contributed by atoms with van der Waals surface area (Å²) in [5, 5.41) is 2.75. The maximum absolute atomic E-state index is 12.1. The third-order valence-corrected chi connectivity index (χ3v) is 3.64. The van der Waals surface area contributed by atoms with Gasteiger partial charge in [-0.3, -0.25) is 4.79 Å². The van der Waals surface area contributed by atoms with Crippen LogP contribution in [-0.2, 0) is 0 Å². The topological polar surface area (TPSA) is 68.0 Å². The Kier molecular flexibility index (Phi) is 4.85. The third kappa shape index (κ3) is 3.62. The summed E-state index contributed by atoms with van der Waals surface area (Å²) in [5.41, 5.74) is 7.11. The molecule has 0 bridgehead atoms. The number of carbonyl (C=O) groups is 1. The SMILES string of the molecule is NC(=S)c1cc(Br)ccc1NC(=O)c1ccc(Br)cn1. The first kappa shape index (κ1) is 15.1. The summed E-state index contributed by atoms with van der Waals surface area (Å²) in [5.74, 6) is -0.322. The van der Waals surface area contributed by atoms with E-state index in [4.69, 9.17) is 18.0 Å². The maximum Gasteiger partial charge on any atom is 0.274 e. The van der Waals surface area contributed by atoms with Gasteiger partial charge in [-0.15, -0.1) is 0 Å². The highest BCUT2D eigenvalue weighted by atomic mass is 79.9. The van der Waals surface area contributed by atoms with Crippen LogP contribution in [0.15, 0.2) is 45.5 Å². The molecule has 0 radical (unpaired) electrons. The summed E-state index contributed by atoms with van der Waals surface area (Å²) in [6.07, 6.45) is 1.56. The van der Waals surface area contributed by atoms with Gasteiger partial charge in [-0.25, -0.2) is 4.98 Å². The van der Waals surface area contributed by atoms with Gasteiger partial charge in [0.2, 0.25) is 0 Å². The number of pyridine rings is 1. The van der Waals surface area contributed by atoms with Gasteiger partial charge in [0.25, 0.3) is 5.91 Å². The molecule has 0 atom stereocenters. The number of nitrogens with one attached hydrogen (secondary N) is 1. The minimum Gasteiger partial charge on any atom is -0.389 e. The van der Waals surface area contributed by atoms with Crippen LogP contribution in [0.5, 0.6) is 0 Å². The van der Waals surface area contributed by atoms with Crippen LogP contribution < -0.4 is 11.1 Å². The summed E-state index contributed by atoms with van der Waals surface area (Å²) < 4.78 is 1.64. The minimum atomic E-state index is -0.322. The van der Waals surface area contributed by atoms with E-state index in [-0.39, 0.29) is 10.9 Å². The summed E-state index contributed by atoms with van der Waals surface area (Å²) in [7, 11) is 0. The number of rotatable bonds is 3. The van der Waals surface area contributed by atoms with Gasteiger partial charge in [-0.1, -0.05) is 28.1 Å². The number of thiocarbonyl (C=S) groups is 1. The molecule has 0 saturated carbocycles. The van der Waals surface area contributed by atoms with Gasteiger partial charge in [0.1, 0.15) is 10.7 Å². The highest BCUT2D eigenvalue weighted by molar-refractivity contribution is 9.10. The molecule has 1 aromatic heterocycles. The van der Waals surface area contributed by atoms with Crippen LogP contribution in [-0.4, -0.2) is 15.9 Å². The number of carbonyl (C=O) groups excluding carboxylic acids is 1. The lowest BCUT2D eigenvalue weighted by atomic mass is 10.1. The zero-order valence-corrected chi connectivity index (χ0v) is 14.0. The zero-order chi connectivity index (χ0) is 14.7. The quantitative estimate of drug-likeness (QED) is 0.754. The molecule has 2 aromatic rings. The van der Waals surface area contributed by atoms with Crippen LogP contribution in [0.25, 0.3) is 0 Å². The number of anilines is 1. The van der Waals surface area contributed by atoms with E-state index >= 15 is 0 Å². The van der Waals surface area contributed by atoms with Crippen molar-refractivity contribution in [3.05, 3.63) is 56.7 Å². The Labute approximate surface area is 138 Å². The molecule has 1 amide bonds. The lowest BCUT2D eigenvalue weighted by Gasteiger charge is -2.10. The Balaban J connectivity index is 2.28. The van der Waals surface area contributed by atoms with Gasteiger partial charge >= 0.3 is 0 Å². The molecule has 0 saturated heterocycles. The van der Waals surface area contributed by atoms with Crippen LogP contribution in [0.1, 0.15) is 16.1 Å². The van der Waals surface area contributed by atoms with Gasteiger partial charge in [0, 0.05) is 20.7 Å². The van der Waals surface area contributed by atoms with E-state index in [0.29, 0.717) is 16.9 Å². The first-order valence-corrected chi connectivity index (χ1v) is 7.49.